The lowest BCUT2D eigenvalue weighted by Crippen LogP contribution is -2.43. The molecule has 0 bridgehead atoms. The number of aliphatic carboxylic acids is 1. The fourth-order valence-electron chi connectivity index (χ4n) is 1.21. The Hall–Kier alpha value is -0.610. The third kappa shape index (κ3) is 4.85. The van der Waals surface area contributed by atoms with Gasteiger partial charge in [-0.25, -0.2) is 0 Å². The molecule has 0 saturated heterocycles. The second-order valence-electron chi connectivity index (χ2n) is 3.08. The highest BCUT2D eigenvalue weighted by Gasteiger charge is 2.17. The molecule has 4 nitrogen and oxygen atoms in total. The molecule has 0 aromatic rings. The predicted octanol–water partition coefficient (Wildman–Crippen LogP) is 0.600. The zero-order valence-corrected chi connectivity index (χ0v) is 8.29. The summed E-state index contributed by atoms with van der Waals surface area (Å²) in [4.78, 5) is 10.7. The largest absolute Gasteiger partial charge is 0.480 e. The molecule has 0 heterocycles. The van der Waals surface area contributed by atoms with Crippen LogP contribution in [0.15, 0.2) is 0 Å². The van der Waals surface area contributed by atoms with Crippen molar-refractivity contribution in [2.75, 3.05) is 6.61 Å². The summed E-state index contributed by atoms with van der Waals surface area (Å²) in [6, 6.07) is -0.387. The monoisotopic (exact) mass is 189 g/mol. The number of carbonyl (C=O) groups is 1. The van der Waals surface area contributed by atoms with E-state index in [0.29, 0.717) is 12.8 Å². The lowest BCUT2D eigenvalue weighted by Gasteiger charge is -2.20. The van der Waals surface area contributed by atoms with Gasteiger partial charge >= 0.3 is 5.97 Å². The highest BCUT2D eigenvalue weighted by Crippen LogP contribution is 2.01. The molecule has 0 amide bonds. The molecule has 0 saturated carbocycles. The average molecular weight is 189 g/mol. The summed E-state index contributed by atoms with van der Waals surface area (Å²) < 4.78 is 0. The van der Waals surface area contributed by atoms with Crippen LogP contribution in [0.5, 0.6) is 0 Å². The van der Waals surface area contributed by atoms with Crippen LogP contribution in [0.25, 0.3) is 0 Å². The quantitative estimate of drug-likeness (QED) is 0.548. The van der Waals surface area contributed by atoms with Crippen molar-refractivity contribution in [1.82, 2.24) is 5.32 Å². The van der Waals surface area contributed by atoms with Gasteiger partial charge in [-0.2, -0.15) is 0 Å². The molecule has 0 aliphatic carbocycles. The summed E-state index contributed by atoms with van der Waals surface area (Å²) in [7, 11) is 0. The molecular formula is C9H19NO3. The van der Waals surface area contributed by atoms with Crippen LogP contribution in [0.4, 0.5) is 0 Å². The Morgan fingerprint density at radius 2 is 2.00 bits per heavy atom. The van der Waals surface area contributed by atoms with Crippen molar-refractivity contribution >= 4 is 5.97 Å². The van der Waals surface area contributed by atoms with Gasteiger partial charge in [0.15, 0.2) is 0 Å². The van der Waals surface area contributed by atoms with E-state index in [1.807, 2.05) is 13.8 Å². The number of aliphatic hydroxyl groups is 1. The molecule has 0 rings (SSSR count). The molecule has 0 spiro atoms. The van der Waals surface area contributed by atoms with Gasteiger partial charge in [-0.1, -0.05) is 13.8 Å². The first-order chi connectivity index (χ1) is 6.15. The van der Waals surface area contributed by atoms with Gasteiger partial charge in [0.1, 0.15) is 6.04 Å². The van der Waals surface area contributed by atoms with E-state index in [4.69, 9.17) is 10.2 Å². The van der Waals surface area contributed by atoms with Crippen molar-refractivity contribution in [2.45, 2.75) is 45.2 Å². The molecule has 0 aliphatic rings. The molecule has 78 valence electrons. The smallest absolute Gasteiger partial charge is 0.320 e. The van der Waals surface area contributed by atoms with Gasteiger partial charge in [-0.05, 0) is 19.3 Å². The predicted molar refractivity (Wildman–Crippen MR) is 50.6 cm³/mol. The fraction of sp³-hybridized carbons (Fsp3) is 0.889. The van der Waals surface area contributed by atoms with Gasteiger partial charge in [0.05, 0.1) is 0 Å². The Labute approximate surface area is 79.0 Å². The third-order valence-corrected chi connectivity index (χ3v) is 2.11. The normalized spacial score (nSPS) is 15.3. The second-order valence-corrected chi connectivity index (χ2v) is 3.08. The van der Waals surface area contributed by atoms with E-state index in [0.717, 1.165) is 6.42 Å². The minimum Gasteiger partial charge on any atom is -0.480 e. The molecule has 2 unspecified atom stereocenters. The number of rotatable bonds is 7. The number of aliphatic hydroxyl groups excluding tert-OH is 1. The first kappa shape index (κ1) is 12.4. The molecule has 3 N–H and O–H groups in total. The number of nitrogens with one attached hydrogen (secondary N) is 1. The molecular weight excluding hydrogens is 170 g/mol. The number of carboxylic acid groups (broad SMARTS) is 1. The van der Waals surface area contributed by atoms with Crippen molar-refractivity contribution in [3.8, 4) is 0 Å². The molecule has 0 aromatic heterocycles. The van der Waals surface area contributed by atoms with Crippen LogP contribution in [0.2, 0.25) is 0 Å². The maximum Gasteiger partial charge on any atom is 0.320 e. The molecule has 0 fully saturated rings. The number of hydrogen-bond acceptors (Lipinski definition) is 3. The van der Waals surface area contributed by atoms with Gasteiger partial charge in [-0.15, -0.1) is 0 Å². The van der Waals surface area contributed by atoms with Gasteiger partial charge in [-0.3, -0.25) is 4.79 Å². The number of carboxylic acids is 1. The summed E-state index contributed by atoms with van der Waals surface area (Å²) in [6.45, 7) is 3.90. The molecule has 4 heteroatoms. The Bertz CT molecular complexity index is 150. The maximum absolute atomic E-state index is 10.7. The SMILES string of the molecule is CCC(CCO)NC(CC)C(=O)O. The van der Waals surface area contributed by atoms with Crippen molar-refractivity contribution in [3.05, 3.63) is 0 Å². The van der Waals surface area contributed by atoms with E-state index in [1.54, 1.807) is 0 Å². The molecule has 0 radical (unpaired) electrons. The fourth-order valence-corrected chi connectivity index (χ4v) is 1.21. The first-order valence-corrected chi connectivity index (χ1v) is 4.75. The van der Waals surface area contributed by atoms with Gasteiger partial charge < -0.3 is 15.5 Å². The highest BCUT2D eigenvalue weighted by atomic mass is 16.4. The van der Waals surface area contributed by atoms with E-state index >= 15 is 0 Å². The van der Waals surface area contributed by atoms with Crippen molar-refractivity contribution in [3.63, 3.8) is 0 Å². The van der Waals surface area contributed by atoms with E-state index in [-0.39, 0.29) is 12.6 Å². The van der Waals surface area contributed by atoms with Gasteiger partial charge in [0.25, 0.3) is 0 Å². The average Bonchev–Trinajstić information content (AvgIpc) is 2.11. The minimum absolute atomic E-state index is 0.0988. The van der Waals surface area contributed by atoms with E-state index in [2.05, 4.69) is 5.32 Å². The van der Waals surface area contributed by atoms with E-state index in [9.17, 15) is 4.79 Å². The van der Waals surface area contributed by atoms with Crippen LogP contribution in [-0.2, 0) is 4.79 Å². The van der Waals surface area contributed by atoms with Gasteiger partial charge in [0.2, 0.25) is 0 Å². The lowest BCUT2D eigenvalue weighted by atomic mass is 10.1. The summed E-state index contributed by atoms with van der Waals surface area (Å²) in [5.74, 6) is -0.820. The Morgan fingerprint density at radius 1 is 1.38 bits per heavy atom. The summed E-state index contributed by atoms with van der Waals surface area (Å²) in [5.41, 5.74) is 0. The maximum atomic E-state index is 10.7. The third-order valence-electron chi connectivity index (χ3n) is 2.11. The molecule has 2 atom stereocenters. The van der Waals surface area contributed by atoms with Crippen molar-refractivity contribution in [1.29, 1.82) is 0 Å². The number of hydrogen-bond donors (Lipinski definition) is 3. The molecule has 0 aromatic carbocycles. The summed E-state index contributed by atoms with van der Waals surface area (Å²) >= 11 is 0. The Kier molecular flexibility index (Phi) is 6.54. The van der Waals surface area contributed by atoms with Crippen molar-refractivity contribution < 1.29 is 15.0 Å². The van der Waals surface area contributed by atoms with Crippen molar-refractivity contribution in [2.24, 2.45) is 0 Å². The van der Waals surface area contributed by atoms with E-state index in [1.165, 1.54) is 0 Å². The Morgan fingerprint density at radius 3 is 2.31 bits per heavy atom. The zero-order chi connectivity index (χ0) is 10.3. The molecule has 0 aliphatic heterocycles. The van der Waals surface area contributed by atoms with Crippen LogP contribution in [-0.4, -0.2) is 34.9 Å². The molecule has 13 heavy (non-hydrogen) atoms. The zero-order valence-electron chi connectivity index (χ0n) is 8.29. The summed E-state index contributed by atoms with van der Waals surface area (Å²) in [6.07, 6.45) is 2.02. The van der Waals surface area contributed by atoms with Gasteiger partial charge in [0, 0.05) is 12.6 Å². The lowest BCUT2D eigenvalue weighted by molar-refractivity contribution is -0.139. The first-order valence-electron chi connectivity index (χ1n) is 4.75. The summed E-state index contributed by atoms with van der Waals surface area (Å²) in [5, 5.41) is 20.5. The topological polar surface area (TPSA) is 69.6 Å². The van der Waals surface area contributed by atoms with Crippen LogP contribution in [0, 0.1) is 0 Å². The van der Waals surface area contributed by atoms with E-state index < -0.39 is 12.0 Å². The highest BCUT2D eigenvalue weighted by molar-refractivity contribution is 5.73. The minimum atomic E-state index is -0.820. The second kappa shape index (κ2) is 6.86. The van der Waals surface area contributed by atoms with Crippen LogP contribution < -0.4 is 5.32 Å². The standard InChI is InChI=1S/C9H19NO3/c1-3-7(5-6-11)10-8(4-2)9(12)13/h7-8,10-11H,3-6H2,1-2H3,(H,12,13). The van der Waals surface area contributed by atoms with Crippen LogP contribution >= 0.6 is 0 Å². The van der Waals surface area contributed by atoms with Crippen LogP contribution in [0.1, 0.15) is 33.1 Å². The Balaban J connectivity index is 3.95. The van der Waals surface area contributed by atoms with Crippen LogP contribution in [0.3, 0.4) is 0 Å².